The zero-order valence-electron chi connectivity index (χ0n) is 12.7. The molecular weight excluding hydrogens is 299 g/mol. The van der Waals surface area contributed by atoms with E-state index in [4.69, 9.17) is 9.47 Å². The van der Waals surface area contributed by atoms with Crippen molar-refractivity contribution in [2.24, 2.45) is 0 Å². The van der Waals surface area contributed by atoms with Gasteiger partial charge in [-0.25, -0.2) is 4.39 Å². The second-order valence-electron chi connectivity index (χ2n) is 5.24. The van der Waals surface area contributed by atoms with Crippen LogP contribution < -0.4 is 19.7 Å². The summed E-state index contributed by atoms with van der Waals surface area (Å²) in [7, 11) is 2.00. The lowest BCUT2D eigenvalue weighted by Crippen LogP contribution is -2.28. The van der Waals surface area contributed by atoms with E-state index in [-0.39, 0.29) is 18.3 Å². The average molecular weight is 316 g/mol. The molecule has 5 nitrogen and oxygen atoms in total. The number of carbonyl (C=O) groups excluding carboxylic acids is 1. The number of halogens is 1. The topological polar surface area (TPSA) is 50.8 Å². The summed E-state index contributed by atoms with van der Waals surface area (Å²) in [6.45, 7) is 1.31. The number of likely N-dealkylation sites (N-methyl/N-ethyl adjacent to an activating group) is 1. The number of ether oxygens (including phenoxy) is 2. The Hall–Kier alpha value is -2.76. The zero-order chi connectivity index (χ0) is 16.2. The number of hydrogen-bond donors (Lipinski definition) is 1. The van der Waals surface area contributed by atoms with Gasteiger partial charge in [0, 0.05) is 18.8 Å². The van der Waals surface area contributed by atoms with E-state index in [1.165, 1.54) is 24.3 Å². The van der Waals surface area contributed by atoms with Crippen LogP contribution in [-0.2, 0) is 4.79 Å². The number of nitrogens with one attached hydrogen (secondary N) is 1. The van der Waals surface area contributed by atoms with E-state index >= 15 is 0 Å². The quantitative estimate of drug-likeness (QED) is 0.942. The van der Waals surface area contributed by atoms with Gasteiger partial charge in [-0.05, 0) is 36.4 Å². The Morgan fingerprint density at radius 2 is 2.09 bits per heavy atom. The molecule has 1 amide bonds. The van der Waals surface area contributed by atoms with Crippen molar-refractivity contribution < 1.29 is 18.7 Å². The highest BCUT2D eigenvalue weighted by Gasteiger charge is 2.15. The van der Waals surface area contributed by atoms with Crippen molar-refractivity contribution in [2.75, 3.05) is 37.0 Å². The largest absolute Gasteiger partial charge is 0.489 e. The third-order valence-electron chi connectivity index (χ3n) is 3.52. The molecule has 0 spiro atoms. The van der Waals surface area contributed by atoms with Crippen molar-refractivity contribution in [3.05, 3.63) is 48.3 Å². The molecule has 1 aliphatic heterocycles. The SMILES string of the molecule is CN1CCOc2cc(NC(=O)COc3ccc(F)cc3)ccc21. The van der Waals surface area contributed by atoms with Crippen molar-refractivity contribution in [1.29, 1.82) is 0 Å². The van der Waals surface area contributed by atoms with Crippen LogP contribution in [0, 0.1) is 5.82 Å². The first-order valence-electron chi connectivity index (χ1n) is 7.28. The third kappa shape index (κ3) is 3.71. The lowest BCUT2D eigenvalue weighted by molar-refractivity contribution is -0.118. The van der Waals surface area contributed by atoms with Gasteiger partial charge in [0.2, 0.25) is 0 Å². The Labute approximate surface area is 133 Å². The van der Waals surface area contributed by atoms with E-state index in [1.54, 1.807) is 6.07 Å². The van der Waals surface area contributed by atoms with Crippen molar-refractivity contribution >= 4 is 17.3 Å². The Morgan fingerprint density at radius 3 is 2.87 bits per heavy atom. The molecule has 0 aromatic heterocycles. The first-order chi connectivity index (χ1) is 11.1. The summed E-state index contributed by atoms with van der Waals surface area (Å²) in [5, 5.41) is 2.75. The molecule has 0 fully saturated rings. The number of rotatable bonds is 4. The van der Waals surface area contributed by atoms with Crippen LogP contribution in [0.5, 0.6) is 11.5 Å². The van der Waals surface area contributed by atoms with E-state index < -0.39 is 0 Å². The third-order valence-corrected chi connectivity index (χ3v) is 3.52. The highest BCUT2D eigenvalue weighted by Crippen LogP contribution is 2.33. The first kappa shape index (κ1) is 15.1. The zero-order valence-corrected chi connectivity index (χ0v) is 12.7. The molecule has 23 heavy (non-hydrogen) atoms. The molecule has 1 heterocycles. The van der Waals surface area contributed by atoms with Crippen LogP contribution in [-0.4, -0.2) is 32.7 Å². The molecule has 0 saturated heterocycles. The van der Waals surface area contributed by atoms with Crippen molar-refractivity contribution in [1.82, 2.24) is 0 Å². The van der Waals surface area contributed by atoms with Crippen LogP contribution in [0.15, 0.2) is 42.5 Å². The molecule has 1 N–H and O–H groups in total. The minimum absolute atomic E-state index is 0.149. The monoisotopic (exact) mass is 316 g/mol. The van der Waals surface area contributed by atoms with E-state index in [0.29, 0.717) is 18.0 Å². The van der Waals surface area contributed by atoms with E-state index in [0.717, 1.165) is 18.0 Å². The molecule has 0 bridgehead atoms. The molecule has 0 saturated carbocycles. The second kappa shape index (κ2) is 6.56. The maximum atomic E-state index is 12.8. The van der Waals surface area contributed by atoms with Gasteiger partial charge in [0.1, 0.15) is 23.9 Å². The molecule has 3 rings (SSSR count). The normalized spacial score (nSPS) is 13.0. The Kier molecular flexibility index (Phi) is 4.32. The fourth-order valence-corrected chi connectivity index (χ4v) is 2.31. The maximum Gasteiger partial charge on any atom is 0.262 e. The summed E-state index contributed by atoms with van der Waals surface area (Å²) < 4.78 is 23.7. The summed E-state index contributed by atoms with van der Waals surface area (Å²) >= 11 is 0. The minimum Gasteiger partial charge on any atom is -0.489 e. The maximum absolute atomic E-state index is 12.8. The predicted octanol–water partition coefficient (Wildman–Crippen LogP) is 2.67. The number of carbonyl (C=O) groups is 1. The number of amides is 1. The van der Waals surface area contributed by atoms with Crippen molar-refractivity contribution in [3.63, 3.8) is 0 Å². The first-order valence-corrected chi connectivity index (χ1v) is 7.28. The lowest BCUT2D eigenvalue weighted by Gasteiger charge is -2.27. The van der Waals surface area contributed by atoms with Crippen LogP contribution in [0.2, 0.25) is 0 Å². The number of hydrogen-bond acceptors (Lipinski definition) is 4. The van der Waals surface area contributed by atoms with Crippen LogP contribution >= 0.6 is 0 Å². The lowest BCUT2D eigenvalue weighted by atomic mass is 10.2. The number of fused-ring (bicyclic) bond motifs is 1. The molecule has 6 heteroatoms. The molecule has 120 valence electrons. The Balaban J connectivity index is 1.58. The van der Waals surface area contributed by atoms with Gasteiger partial charge in [-0.3, -0.25) is 4.79 Å². The van der Waals surface area contributed by atoms with Crippen molar-refractivity contribution in [3.8, 4) is 11.5 Å². The second-order valence-corrected chi connectivity index (χ2v) is 5.24. The predicted molar refractivity (Wildman–Crippen MR) is 85.7 cm³/mol. The molecule has 0 aliphatic carbocycles. The minimum atomic E-state index is -0.346. The summed E-state index contributed by atoms with van der Waals surface area (Å²) in [4.78, 5) is 14.0. The van der Waals surface area contributed by atoms with Gasteiger partial charge in [-0.2, -0.15) is 0 Å². The Morgan fingerprint density at radius 1 is 1.30 bits per heavy atom. The van der Waals surface area contributed by atoms with Crippen LogP contribution in [0.1, 0.15) is 0 Å². The number of anilines is 2. The molecule has 2 aromatic carbocycles. The summed E-state index contributed by atoms with van der Waals surface area (Å²) in [6.07, 6.45) is 0. The van der Waals surface area contributed by atoms with Crippen LogP contribution in [0.3, 0.4) is 0 Å². The van der Waals surface area contributed by atoms with Gasteiger partial charge < -0.3 is 19.7 Å². The number of benzene rings is 2. The summed E-state index contributed by atoms with van der Waals surface area (Å²) in [5.41, 5.74) is 1.64. The van der Waals surface area contributed by atoms with E-state index in [1.807, 2.05) is 19.2 Å². The van der Waals surface area contributed by atoms with E-state index in [9.17, 15) is 9.18 Å². The highest BCUT2D eigenvalue weighted by molar-refractivity contribution is 5.92. The van der Waals surface area contributed by atoms with Crippen LogP contribution in [0.4, 0.5) is 15.8 Å². The molecule has 0 radical (unpaired) electrons. The molecular formula is C17H17FN2O3. The summed E-state index contributed by atoms with van der Waals surface area (Å²) in [5.74, 6) is 0.548. The summed E-state index contributed by atoms with van der Waals surface area (Å²) in [6, 6.07) is 11.0. The fourth-order valence-electron chi connectivity index (χ4n) is 2.31. The van der Waals surface area contributed by atoms with E-state index in [2.05, 4.69) is 10.2 Å². The smallest absolute Gasteiger partial charge is 0.262 e. The molecule has 0 atom stereocenters. The van der Waals surface area contributed by atoms with Gasteiger partial charge in [-0.15, -0.1) is 0 Å². The fraction of sp³-hybridized carbons (Fsp3) is 0.235. The highest BCUT2D eigenvalue weighted by atomic mass is 19.1. The molecule has 0 unspecified atom stereocenters. The Bertz CT molecular complexity index is 703. The van der Waals surface area contributed by atoms with Gasteiger partial charge in [0.05, 0.1) is 12.2 Å². The molecule has 2 aromatic rings. The van der Waals surface area contributed by atoms with Crippen molar-refractivity contribution in [2.45, 2.75) is 0 Å². The number of nitrogens with zero attached hydrogens (tertiary/aromatic N) is 1. The molecule has 1 aliphatic rings. The van der Waals surface area contributed by atoms with Gasteiger partial charge >= 0.3 is 0 Å². The average Bonchev–Trinajstić information content (AvgIpc) is 2.54. The van der Waals surface area contributed by atoms with Gasteiger partial charge in [-0.1, -0.05) is 0 Å². The van der Waals surface area contributed by atoms with Gasteiger partial charge in [0.25, 0.3) is 5.91 Å². The van der Waals surface area contributed by atoms with Gasteiger partial charge in [0.15, 0.2) is 6.61 Å². The standard InChI is InChI=1S/C17H17FN2O3/c1-20-8-9-22-16-10-13(4-7-15(16)20)19-17(21)11-23-14-5-2-12(18)3-6-14/h2-7,10H,8-9,11H2,1H3,(H,19,21). The van der Waals surface area contributed by atoms with Crippen LogP contribution in [0.25, 0.3) is 0 Å².